The van der Waals surface area contributed by atoms with E-state index in [1.807, 2.05) is 30.3 Å². The molecule has 0 saturated carbocycles. The fraction of sp³-hybridized carbons (Fsp3) is 0.154. The van der Waals surface area contributed by atoms with Crippen molar-refractivity contribution in [1.29, 1.82) is 0 Å². The molecule has 3 rings (SSSR count). The zero-order chi connectivity index (χ0) is 11.7. The summed E-state index contributed by atoms with van der Waals surface area (Å²) in [7, 11) is 0. The summed E-state index contributed by atoms with van der Waals surface area (Å²) in [5, 5.41) is 8.26. The Hall–Kier alpha value is -2.23. The summed E-state index contributed by atoms with van der Waals surface area (Å²) in [5.74, 6) is 1.64. The Morgan fingerprint density at radius 3 is 2.88 bits per heavy atom. The molecular formula is C13H12N4. The Morgan fingerprint density at radius 2 is 2.06 bits per heavy atom. The smallest absolute Gasteiger partial charge is 0.181 e. The lowest BCUT2D eigenvalue weighted by molar-refractivity contribution is 0.946. The van der Waals surface area contributed by atoms with Gasteiger partial charge in [-0.05, 0) is 12.1 Å². The molecule has 0 atom stereocenters. The third-order valence-electron chi connectivity index (χ3n) is 2.76. The molecule has 0 saturated heterocycles. The van der Waals surface area contributed by atoms with E-state index in [0.29, 0.717) is 0 Å². The molecule has 0 aliphatic rings. The molecule has 84 valence electrons. The highest BCUT2D eigenvalue weighted by atomic mass is 15.2. The van der Waals surface area contributed by atoms with Gasteiger partial charge in [-0.1, -0.05) is 25.1 Å². The number of aromatic amines is 1. The molecule has 1 N–H and O–H groups in total. The van der Waals surface area contributed by atoms with Crippen LogP contribution in [0.15, 0.2) is 36.5 Å². The lowest BCUT2D eigenvalue weighted by atomic mass is 10.1. The number of nitrogens with one attached hydrogen (secondary N) is 1. The first kappa shape index (κ1) is 9.96. The van der Waals surface area contributed by atoms with Crippen LogP contribution < -0.4 is 0 Å². The molecule has 0 aliphatic carbocycles. The number of hydrogen-bond acceptors (Lipinski definition) is 3. The van der Waals surface area contributed by atoms with E-state index >= 15 is 0 Å². The van der Waals surface area contributed by atoms with Crippen LogP contribution >= 0.6 is 0 Å². The maximum Gasteiger partial charge on any atom is 0.181 e. The number of hydrogen-bond donors (Lipinski definition) is 1. The van der Waals surface area contributed by atoms with E-state index in [4.69, 9.17) is 0 Å². The van der Waals surface area contributed by atoms with E-state index in [2.05, 4.69) is 27.1 Å². The summed E-state index contributed by atoms with van der Waals surface area (Å²) in [5.41, 5.74) is 1.99. The van der Waals surface area contributed by atoms with Crippen LogP contribution in [0.25, 0.3) is 22.3 Å². The average molecular weight is 224 g/mol. The van der Waals surface area contributed by atoms with E-state index in [1.165, 1.54) is 0 Å². The average Bonchev–Trinajstić information content (AvgIpc) is 2.87. The lowest BCUT2D eigenvalue weighted by Gasteiger charge is -2.01. The largest absolute Gasteiger partial charge is 0.263 e. The van der Waals surface area contributed by atoms with E-state index < -0.39 is 0 Å². The minimum atomic E-state index is 0.737. The third kappa shape index (κ3) is 1.67. The molecule has 4 heteroatoms. The number of aryl methyl sites for hydroxylation is 1. The Morgan fingerprint density at radius 1 is 1.18 bits per heavy atom. The van der Waals surface area contributed by atoms with Gasteiger partial charge in [0.1, 0.15) is 5.82 Å². The Balaban J connectivity index is 2.23. The number of nitrogens with zero attached hydrogens (tertiary/aromatic N) is 3. The van der Waals surface area contributed by atoms with Crippen LogP contribution in [-0.2, 0) is 6.42 Å². The summed E-state index contributed by atoms with van der Waals surface area (Å²) >= 11 is 0. The van der Waals surface area contributed by atoms with E-state index in [-0.39, 0.29) is 0 Å². The van der Waals surface area contributed by atoms with Gasteiger partial charge in [-0.2, -0.15) is 5.10 Å². The number of pyridine rings is 1. The van der Waals surface area contributed by atoms with Crippen molar-refractivity contribution in [2.75, 3.05) is 0 Å². The SMILES string of the molecule is CCc1nc(-c2ccnc3ccccc23)n[nH]1. The number of aromatic nitrogens is 4. The van der Waals surface area contributed by atoms with Crippen LogP contribution in [0.3, 0.4) is 0 Å². The van der Waals surface area contributed by atoms with Crippen LogP contribution in [0.4, 0.5) is 0 Å². The van der Waals surface area contributed by atoms with Crippen molar-refractivity contribution in [3.05, 3.63) is 42.4 Å². The summed E-state index contributed by atoms with van der Waals surface area (Å²) in [4.78, 5) is 8.78. The second-order valence-electron chi connectivity index (χ2n) is 3.83. The minimum Gasteiger partial charge on any atom is -0.263 e. The maximum atomic E-state index is 4.45. The summed E-state index contributed by atoms with van der Waals surface area (Å²) in [6, 6.07) is 9.96. The summed E-state index contributed by atoms with van der Waals surface area (Å²) in [6.45, 7) is 2.05. The van der Waals surface area contributed by atoms with Crippen molar-refractivity contribution in [1.82, 2.24) is 20.2 Å². The zero-order valence-electron chi connectivity index (χ0n) is 9.51. The van der Waals surface area contributed by atoms with E-state index in [0.717, 1.165) is 34.5 Å². The van der Waals surface area contributed by atoms with Crippen LogP contribution in [0.2, 0.25) is 0 Å². The van der Waals surface area contributed by atoms with Crippen molar-refractivity contribution in [3.8, 4) is 11.4 Å². The molecule has 0 aliphatic heterocycles. The predicted octanol–water partition coefficient (Wildman–Crippen LogP) is 2.58. The van der Waals surface area contributed by atoms with Gasteiger partial charge < -0.3 is 0 Å². The van der Waals surface area contributed by atoms with Gasteiger partial charge in [0, 0.05) is 23.6 Å². The fourth-order valence-electron chi connectivity index (χ4n) is 1.86. The molecule has 1 aromatic carbocycles. The summed E-state index contributed by atoms with van der Waals surface area (Å²) in [6.07, 6.45) is 2.65. The molecular weight excluding hydrogens is 212 g/mol. The molecule has 2 heterocycles. The highest BCUT2D eigenvalue weighted by Gasteiger charge is 2.08. The van der Waals surface area contributed by atoms with Crippen molar-refractivity contribution in [2.45, 2.75) is 13.3 Å². The van der Waals surface area contributed by atoms with Crippen LogP contribution in [-0.4, -0.2) is 20.2 Å². The number of H-pyrrole nitrogens is 1. The Kier molecular flexibility index (Phi) is 2.33. The van der Waals surface area contributed by atoms with Gasteiger partial charge in [-0.15, -0.1) is 0 Å². The van der Waals surface area contributed by atoms with Gasteiger partial charge >= 0.3 is 0 Å². The Bertz CT molecular complexity index is 652. The monoisotopic (exact) mass is 224 g/mol. The molecule has 0 spiro atoms. The maximum absolute atomic E-state index is 4.45. The highest BCUT2D eigenvalue weighted by molar-refractivity contribution is 5.92. The molecule has 17 heavy (non-hydrogen) atoms. The van der Waals surface area contributed by atoms with E-state index in [9.17, 15) is 0 Å². The van der Waals surface area contributed by atoms with Gasteiger partial charge in [-0.25, -0.2) is 4.98 Å². The molecule has 0 fully saturated rings. The number of benzene rings is 1. The molecule has 0 unspecified atom stereocenters. The van der Waals surface area contributed by atoms with Gasteiger partial charge in [0.25, 0.3) is 0 Å². The molecule has 0 amide bonds. The van der Waals surface area contributed by atoms with Crippen molar-refractivity contribution < 1.29 is 0 Å². The van der Waals surface area contributed by atoms with Crippen LogP contribution in [0.5, 0.6) is 0 Å². The third-order valence-corrected chi connectivity index (χ3v) is 2.76. The van der Waals surface area contributed by atoms with E-state index in [1.54, 1.807) is 6.20 Å². The molecule has 3 aromatic rings. The van der Waals surface area contributed by atoms with Crippen molar-refractivity contribution >= 4 is 10.9 Å². The normalized spacial score (nSPS) is 10.9. The summed E-state index contributed by atoms with van der Waals surface area (Å²) < 4.78 is 0. The standard InChI is InChI=1S/C13H12N4/c1-2-12-15-13(17-16-12)10-7-8-14-11-6-4-3-5-9(10)11/h3-8H,2H2,1H3,(H,15,16,17). The number of fused-ring (bicyclic) bond motifs is 1. The minimum absolute atomic E-state index is 0.737. The highest BCUT2D eigenvalue weighted by Crippen LogP contribution is 2.24. The quantitative estimate of drug-likeness (QED) is 0.727. The lowest BCUT2D eigenvalue weighted by Crippen LogP contribution is -1.86. The molecule has 0 radical (unpaired) electrons. The van der Waals surface area contributed by atoms with Gasteiger partial charge in [0.2, 0.25) is 0 Å². The fourth-order valence-corrected chi connectivity index (χ4v) is 1.86. The first-order valence-corrected chi connectivity index (χ1v) is 5.64. The number of rotatable bonds is 2. The second kappa shape index (κ2) is 3.97. The Labute approximate surface area is 98.7 Å². The predicted molar refractivity (Wildman–Crippen MR) is 66.5 cm³/mol. The van der Waals surface area contributed by atoms with Crippen molar-refractivity contribution in [3.63, 3.8) is 0 Å². The molecule has 4 nitrogen and oxygen atoms in total. The first-order valence-electron chi connectivity index (χ1n) is 5.64. The van der Waals surface area contributed by atoms with Gasteiger partial charge in [0.05, 0.1) is 5.52 Å². The molecule has 0 bridgehead atoms. The second-order valence-corrected chi connectivity index (χ2v) is 3.83. The van der Waals surface area contributed by atoms with Crippen LogP contribution in [0, 0.1) is 0 Å². The molecule has 2 aromatic heterocycles. The first-order chi connectivity index (χ1) is 8.38. The van der Waals surface area contributed by atoms with Crippen molar-refractivity contribution in [2.24, 2.45) is 0 Å². The van der Waals surface area contributed by atoms with Gasteiger partial charge in [0.15, 0.2) is 5.82 Å². The van der Waals surface area contributed by atoms with Crippen LogP contribution in [0.1, 0.15) is 12.7 Å². The number of para-hydroxylation sites is 1. The topological polar surface area (TPSA) is 54.5 Å². The zero-order valence-corrected chi connectivity index (χ0v) is 9.51. The van der Waals surface area contributed by atoms with Gasteiger partial charge in [-0.3, -0.25) is 10.1 Å².